The van der Waals surface area contributed by atoms with Gasteiger partial charge >= 0.3 is 0 Å². The Morgan fingerprint density at radius 3 is 2.04 bits per heavy atom. The highest BCUT2D eigenvalue weighted by Gasteiger charge is 2.37. The Kier molecular flexibility index (Phi) is 12.0. The van der Waals surface area contributed by atoms with E-state index in [1.165, 1.54) is 70.6 Å². The summed E-state index contributed by atoms with van der Waals surface area (Å²) < 4.78 is 12.0. The van der Waals surface area contributed by atoms with E-state index in [1.807, 2.05) is 20.8 Å². The quantitative estimate of drug-likeness (QED) is 0.140. The molecule has 0 saturated carbocycles. The molecule has 1 aliphatic heterocycles. The van der Waals surface area contributed by atoms with Crippen LogP contribution in [-0.2, 0) is 9.47 Å². The Morgan fingerprint density at radius 2 is 1.50 bits per heavy atom. The zero-order valence-electron chi connectivity index (χ0n) is 17.6. The average molecular weight is 368 g/mol. The predicted octanol–water partition coefficient (Wildman–Crippen LogP) is 7.30. The van der Waals surface area contributed by atoms with Gasteiger partial charge in [-0.15, -0.1) is 0 Å². The maximum Gasteiger partial charge on any atom is 0.163 e. The second-order valence-corrected chi connectivity index (χ2v) is 8.30. The van der Waals surface area contributed by atoms with Gasteiger partial charge in [0.25, 0.3) is 0 Å². The molecule has 0 N–H and O–H groups in total. The number of rotatable bonds is 14. The van der Waals surface area contributed by atoms with Crippen LogP contribution in [0.5, 0.6) is 0 Å². The lowest BCUT2D eigenvalue weighted by Crippen LogP contribution is -2.47. The fourth-order valence-electron chi connectivity index (χ4n) is 3.81. The van der Waals surface area contributed by atoms with Crippen molar-refractivity contribution in [3.8, 4) is 0 Å². The molecule has 3 atom stereocenters. The smallest absolute Gasteiger partial charge is 0.163 e. The van der Waals surface area contributed by atoms with Gasteiger partial charge in [0.05, 0.1) is 18.2 Å². The van der Waals surface area contributed by atoms with Gasteiger partial charge in [-0.1, -0.05) is 89.6 Å². The fourth-order valence-corrected chi connectivity index (χ4v) is 3.81. The van der Waals surface area contributed by atoms with Gasteiger partial charge in [-0.05, 0) is 25.8 Å². The van der Waals surface area contributed by atoms with Crippen LogP contribution in [0.3, 0.4) is 0 Å². The van der Waals surface area contributed by atoms with Crippen LogP contribution in [0.2, 0.25) is 0 Å². The minimum absolute atomic E-state index is 0.0487. The molecule has 0 aliphatic carbocycles. The lowest BCUT2D eigenvalue weighted by molar-refractivity contribution is -0.302. The van der Waals surface area contributed by atoms with Crippen LogP contribution in [-0.4, -0.2) is 24.0 Å². The van der Waals surface area contributed by atoms with E-state index < -0.39 is 5.79 Å². The van der Waals surface area contributed by atoms with Gasteiger partial charge in [0.1, 0.15) is 0 Å². The molecular weight excluding hydrogens is 326 g/mol. The molecule has 0 bridgehead atoms. The van der Waals surface area contributed by atoms with Crippen molar-refractivity contribution in [3.63, 3.8) is 0 Å². The predicted molar refractivity (Wildman–Crippen MR) is 108 cm³/mol. The van der Waals surface area contributed by atoms with Crippen LogP contribution in [0.4, 0.5) is 0 Å². The van der Waals surface area contributed by atoms with E-state index in [2.05, 4.69) is 16.9 Å². The maximum atomic E-state index is 8.65. The first kappa shape index (κ1) is 23.3. The van der Waals surface area contributed by atoms with Gasteiger partial charge in [-0.3, -0.25) is 0 Å². The van der Waals surface area contributed by atoms with Crippen molar-refractivity contribution in [2.45, 2.75) is 135 Å². The molecule has 1 heterocycles. The second kappa shape index (κ2) is 13.4. The molecule has 5 nitrogen and oxygen atoms in total. The molecule has 26 heavy (non-hydrogen) atoms. The van der Waals surface area contributed by atoms with Gasteiger partial charge in [0, 0.05) is 11.3 Å². The van der Waals surface area contributed by atoms with E-state index in [4.69, 9.17) is 15.0 Å². The van der Waals surface area contributed by atoms with Crippen molar-refractivity contribution < 1.29 is 9.47 Å². The van der Waals surface area contributed by atoms with E-state index in [0.29, 0.717) is 0 Å². The van der Waals surface area contributed by atoms with E-state index >= 15 is 0 Å². The highest BCUT2D eigenvalue weighted by Crippen LogP contribution is 2.31. The first-order chi connectivity index (χ1) is 12.5. The number of hydrogen-bond donors (Lipinski definition) is 0. The van der Waals surface area contributed by atoms with Crippen molar-refractivity contribution in [3.05, 3.63) is 10.4 Å². The molecule has 0 unspecified atom stereocenters. The topological polar surface area (TPSA) is 67.2 Å². The number of azide groups is 1. The monoisotopic (exact) mass is 367 g/mol. The van der Waals surface area contributed by atoms with Gasteiger partial charge < -0.3 is 9.47 Å². The third-order valence-electron chi connectivity index (χ3n) is 5.28. The number of unbranched alkanes of at least 4 members (excludes halogenated alkanes) is 10. The van der Waals surface area contributed by atoms with Gasteiger partial charge in [0.15, 0.2) is 5.79 Å². The van der Waals surface area contributed by atoms with Crippen molar-refractivity contribution >= 4 is 0 Å². The molecule has 1 saturated heterocycles. The van der Waals surface area contributed by atoms with Crippen molar-refractivity contribution in [1.29, 1.82) is 0 Å². The standard InChI is InChI=1S/C21H41N3O2/c1-5-6-7-8-9-10-11-12-13-14-15-16-19-17-20(18(2)23-24-22)26-21(3,4)25-19/h18-20H,5-17H2,1-4H3/t18-,19-,20-/m0/s1. The summed E-state index contributed by atoms with van der Waals surface area (Å²) in [7, 11) is 0. The summed E-state index contributed by atoms with van der Waals surface area (Å²) in [6.07, 6.45) is 17.0. The van der Waals surface area contributed by atoms with Crippen LogP contribution in [0.15, 0.2) is 5.11 Å². The summed E-state index contributed by atoms with van der Waals surface area (Å²) in [6.45, 7) is 8.10. The minimum Gasteiger partial charge on any atom is -0.347 e. The van der Waals surface area contributed by atoms with Crippen LogP contribution >= 0.6 is 0 Å². The number of ether oxygens (including phenoxy) is 2. The van der Waals surface area contributed by atoms with Crippen molar-refractivity contribution in [2.75, 3.05) is 0 Å². The molecule has 0 aromatic rings. The molecule has 0 aromatic heterocycles. The van der Waals surface area contributed by atoms with E-state index in [0.717, 1.165) is 12.8 Å². The third kappa shape index (κ3) is 10.4. The van der Waals surface area contributed by atoms with Crippen LogP contribution in [0.25, 0.3) is 10.4 Å². The van der Waals surface area contributed by atoms with Crippen LogP contribution < -0.4 is 0 Å². The van der Waals surface area contributed by atoms with Crippen molar-refractivity contribution in [1.82, 2.24) is 0 Å². The van der Waals surface area contributed by atoms with E-state index in [-0.39, 0.29) is 18.2 Å². The highest BCUT2D eigenvalue weighted by molar-refractivity contribution is 4.83. The Morgan fingerprint density at radius 1 is 0.962 bits per heavy atom. The molecule has 1 rings (SSSR count). The molecule has 1 aliphatic rings. The SMILES string of the molecule is CCCCCCCCCCCCC[C@H]1C[C@@H]([C@H](C)N=[N+]=[N-])OC(C)(C)O1. The summed E-state index contributed by atoms with van der Waals surface area (Å²) in [6, 6.07) is -0.150. The first-order valence-corrected chi connectivity index (χ1v) is 10.9. The number of hydrogen-bond acceptors (Lipinski definition) is 3. The molecule has 152 valence electrons. The maximum absolute atomic E-state index is 8.65. The lowest BCUT2D eigenvalue weighted by atomic mass is 9.98. The Labute approximate surface area is 160 Å². The molecular formula is C21H41N3O2. The van der Waals surface area contributed by atoms with Crippen molar-refractivity contribution in [2.24, 2.45) is 5.11 Å². The summed E-state index contributed by atoms with van der Waals surface area (Å²) in [5.74, 6) is -0.593. The van der Waals surface area contributed by atoms with Crippen LogP contribution in [0, 0.1) is 0 Å². The molecule has 1 fully saturated rings. The molecule has 0 aromatic carbocycles. The minimum atomic E-state index is -0.593. The third-order valence-corrected chi connectivity index (χ3v) is 5.28. The molecule has 0 spiro atoms. The van der Waals surface area contributed by atoms with Crippen LogP contribution in [0.1, 0.15) is 111 Å². The lowest BCUT2D eigenvalue weighted by Gasteiger charge is -2.42. The second-order valence-electron chi connectivity index (χ2n) is 8.30. The zero-order valence-corrected chi connectivity index (χ0v) is 17.6. The summed E-state index contributed by atoms with van der Waals surface area (Å²) >= 11 is 0. The summed E-state index contributed by atoms with van der Waals surface area (Å²) in [5, 5.41) is 3.81. The first-order valence-electron chi connectivity index (χ1n) is 10.9. The highest BCUT2D eigenvalue weighted by atomic mass is 16.7. The summed E-state index contributed by atoms with van der Waals surface area (Å²) in [5.41, 5.74) is 8.65. The van der Waals surface area contributed by atoms with Gasteiger partial charge in [-0.25, -0.2) is 0 Å². The largest absolute Gasteiger partial charge is 0.347 e. The summed E-state index contributed by atoms with van der Waals surface area (Å²) in [4.78, 5) is 2.92. The molecule has 5 heteroatoms. The van der Waals surface area contributed by atoms with Gasteiger partial charge in [-0.2, -0.15) is 0 Å². The average Bonchev–Trinajstić information content (AvgIpc) is 2.58. The van der Waals surface area contributed by atoms with E-state index in [1.54, 1.807) is 0 Å². The molecule has 0 radical (unpaired) electrons. The molecule has 0 amide bonds. The number of nitrogens with zero attached hydrogens (tertiary/aromatic N) is 3. The Bertz CT molecular complexity index is 408. The Hall–Kier alpha value is -0.770. The normalized spacial score (nSPS) is 23.4. The fraction of sp³-hybridized carbons (Fsp3) is 1.00. The van der Waals surface area contributed by atoms with E-state index in [9.17, 15) is 0 Å². The zero-order chi connectivity index (χ0) is 19.3. The Balaban J connectivity index is 2.11. The van der Waals surface area contributed by atoms with Gasteiger partial charge in [0.2, 0.25) is 0 Å².